The fraction of sp³-hybridized carbons (Fsp3) is 0.467. The van der Waals surface area contributed by atoms with Gasteiger partial charge in [-0.3, -0.25) is 9.59 Å². The first-order valence-corrected chi connectivity index (χ1v) is 6.68. The summed E-state index contributed by atoms with van der Waals surface area (Å²) in [5.74, 6) is -1.00. The van der Waals surface area contributed by atoms with E-state index in [0.29, 0.717) is 18.4 Å². The molecule has 1 aromatic rings. The number of nitrogens with one attached hydrogen (secondary N) is 1. The summed E-state index contributed by atoms with van der Waals surface area (Å²) in [6.07, 6.45) is 3.16. The summed E-state index contributed by atoms with van der Waals surface area (Å²) in [5, 5.41) is 11.9. The summed E-state index contributed by atoms with van der Waals surface area (Å²) in [5.41, 5.74) is 1.02. The monoisotopic (exact) mass is 261 g/mol. The maximum Gasteiger partial charge on any atom is 0.311 e. The summed E-state index contributed by atoms with van der Waals surface area (Å²) in [6, 6.07) is 7.40. The molecule has 1 aromatic carbocycles. The van der Waals surface area contributed by atoms with E-state index in [2.05, 4.69) is 12.2 Å². The lowest BCUT2D eigenvalue weighted by Gasteiger charge is -2.37. The Hall–Kier alpha value is -1.84. The van der Waals surface area contributed by atoms with Crippen LogP contribution in [0.3, 0.4) is 0 Å². The van der Waals surface area contributed by atoms with Crippen LogP contribution in [-0.4, -0.2) is 23.5 Å². The molecule has 0 atom stereocenters. The molecule has 0 unspecified atom stereocenters. The quantitative estimate of drug-likeness (QED) is 0.854. The standard InChI is InChI=1S/C15H19NO3/c1-2-11-4-6-12(7-5-11)13(17)16-10-15(14(18)19)8-3-9-15/h4-7H,2-3,8-10H2,1H3,(H,16,17)(H,18,19). The molecular formula is C15H19NO3. The Bertz CT molecular complexity index is 475. The van der Waals surface area contributed by atoms with Gasteiger partial charge in [-0.25, -0.2) is 0 Å². The summed E-state index contributed by atoms with van der Waals surface area (Å²) in [7, 11) is 0. The molecule has 0 radical (unpaired) electrons. The van der Waals surface area contributed by atoms with Gasteiger partial charge in [-0.15, -0.1) is 0 Å². The molecule has 0 saturated heterocycles. The molecule has 0 spiro atoms. The Morgan fingerprint density at radius 1 is 1.26 bits per heavy atom. The highest BCUT2D eigenvalue weighted by Gasteiger charge is 2.44. The predicted octanol–water partition coefficient (Wildman–Crippen LogP) is 2.23. The van der Waals surface area contributed by atoms with Gasteiger partial charge in [0.2, 0.25) is 0 Å². The number of hydrogen-bond acceptors (Lipinski definition) is 2. The Labute approximate surface area is 112 Å². The van der Waals surface area contributed by atoms with Crippen molar-refractivity contribution in [3.05, 3.63) is 35.4 Å². The minimum Gasteiger partial charge on any atom is -0.481 e. The van der Waals surface area contributed by atoms with E-state index < -0.39 is 11.4 Å². The van der Waals surface area contributed by atoms with Crippen LogP contribution >= 0.6 is 0 Å². The van der Waals surface area contributed by atoms with Crippen molar-refractivity contribution in [3.8, 4) is 0 Å². The number of benzene rings is 1. The molecule has 1 saturated carbocycles. The van der Waals surface area contributed by atoms with E-state index in [9.17, 15) is 14.7 Å². The number of aryl methyl sites for hydroxylation is 1. The van der Waals surface area contributed by atoms with Gasteiger partial charge in [0.25, 0.3) is 5.91 Å². The van der Waals surface area contributed by atoms with Crippen molar-refractivity contribution >= 4 is 11.9 Å². The van der Waals surface area contributed by atoms with Crippen molar-refractivity contribution in [3.63, 3.8) is 0 Å². The average Bonchev–Trinajstić information content (AvgIpc) is 2.37. The van der Waals surface area contributed by atoms with Crippen LogP contribution in [0.1, 0.15) is 42.1 Å². The second-order valence-corrected chi connectivity index (χ2v) is 5.17. The van der Waals surface area contributed by atoms with Gasteiger partial charge < -0.3 is 10.4 Å². The highest BCUT2D eigenvalue weighted by atomic mass is 16.4. The Morgan fingerprint density at radius 2 is 1.89 bits per heavy atom. The number of carbonyl (C=O) groups excluding carboxylic acids is 1. The number of hydrogen-bond donors (Lipinski definition) is 2. The summed E-state index contributed by atoms with van der Waals surface area (Å²) in [6.45, 7) is 2.28. The van der Waals surface area contributed by atoms with Gasteiger partial charge >= 0.3 is 5.97 Å². The maximum absolute atomic E-state index is 11.9. The third kappa shape index (κ3) is 2.78. The molecule has 1 aliphatic rings. The van der Waals surface area contributed by atoms with Gasteiger partial charge in [-0.1, -0.05) is 25.5 Å². The van der Waals surface area contributed by atoms with Gasteiger partial charge in [0.1, 0.15) is 0 Å². The number of amides is 1. The molecule has 102 valence electrons. The molecule has 4 nitrogen and oxygen atoms in total. The fourth-order valence-electron chi connectivity index (χ4n) is 2.31. The normalized spacial score (nSPS) is 16.5. The molecular weight excluding hydrogens is 242 g/mol. The van der Waals surface area contributed by atoms with E-state index >= 15 is 0 Å². The third-order valence-electron chi connectivity index (χ3n) is 3.98. The van der Waals surface area contributed by atoms with E-state index in [1.807, 2.05) is 12.1 Å². The number of carboxylic acids is 1. The molecule has 1 amide bonds. The van der Waals surface area contributed by atoms with Crippen molar-refractivity contribution in [2.45, 2.75) is 32.6 Å². The lowest BCUT2D eigenvalue weighted by Crippen LogP contribution is -2.47. The number of carboxylic acid groups (broad SMARTS) is 1. The zero-order chi connectivity index (χ0) is 13.9. The SMILES string of the molecule is CCc1ccc(C(=O)NCC2(C(=O)O)CCC2)cc1. The predicted molar refractivity (Wildman–Crippen MR) is 72.1 cm³/mol. The first-order valence-electron chi connectivity index (χ1n) is 6.68. The zero-order valence-corrected chi connectivity index (χ0v) is 11.1. The summed E-state index contributed by atoms with van der Waals surface area (Å²) < 4.78 is 0. The van der Waals surface area contributed by atoms with Crippen LogP contribution in [0.5, 0.6) is 0 Å². The minimum absolute atomic E-state index is 0.199. The Balaban J connectivity index is 1.95. The van der Waals surface area contributed by atoms with Crippen molar-refractivity contribution < 1.29 is 14.7 Å². The van der Waals surface area contributed by atoms with Crippen molar-refractivity contribution in [1.82, 2.24) is 5.32 Å². The zero-order valence-electron chi connectivity index (χ0n) is 11.1. The second kappa shape index (κ2) is 5.43. The molecule has 2 N–H and O–H groups in total. The molecule has 0 aromatic heterocycles. The molecule has 1 aliphatic carbocycles. The van der Waals surface area contributed by atoms with Gasteiger partial charge in [0.05, 0.1) is 5.41 Å². The van der Waals surface area contributed by atoms with Crippen LogP contribution in [-0.2, 0) is 11.2 Å². The number of rotatable bonds is 5. The molecule has 0 bridgehead atoms. The highest BCUT2D eigenvalue weighted by Crippen LogP contribution is 2.40. The van der Waals surface area contributed by atoms with E-state index in [-0.39, 0.29) is 12.5 Å². The van der Waals surface area contributed by atoms with Gasteiger partial charge in [0, 0.05) is 12.1 Å². The average molecular weight is 261 g/mol. The van der Waals surface area contributed by atoms with Crippen LogP contribution < -0.4 is 5.32 Å². The lowest BCUT2D eigenvalue weighted by molar-refractivity contribution is -0.153. The topological polar surface area (TPSA) is 66.4 Å². The number of aliphatic carboxylic acids is 1. The van der Waals surface area contributed by atoms with E-state index in [1.165, 1.54) is 5.56 Å². The molecule has 19 heavy (non-hydrogen) atoms. The molecule has 0 heterocycles. The van der Waals surface area contributed by atoms with Crippen LogP contribution in [0, 0.1) is 5.41 Å². The molecule has 2 rings (SSSR count). The van der Waals surface area contributed by atoms with Gasteiger partial charge in [-0.2, -0.15) is 0 Å². The molecule has 1 fully saturated rings. The van der Waals surface area contributed by atoms with Crippen molar-refractivity contribution in [2.24, 2.45) is 5.41 Å². The Kier molecular flexibility index (Phi) is 3.88. The van der Waals surface area contributed by atoms with Crippen LogP contribution in [0.4, 0.5) is 0 Å². The highest BCUT2D eigenvalue weighted by molar-refractivity contribution is 5.94. The van der Waals surface area contributed by atoms with Crippen LogP contribution in [0.25, 0.3) is 0 Å². The van der Waals surface area contributed by atoms with Crippen LogP contribution in [0.15, 0.2) is 24.3 Å². The molecule has 0 aliphatic heterocycles. The first kappa shape index (κ1) is 13.6. The smallest absolute Gasteiger partial charge is 0.311 e. The largest absolute Gasteiger partial charge is 0.481 e. The number of carbonyl (C=O) groups is 2. The molecule has 4 heteroatoms. The Morgan fingerprint density at radius 3 is 2.32 bits per heavy atom. The second-order valence-electron chi connectivity index (χ2n) is 5.17. The van der Waals surface area contributed by atoms with E-state index in [0.717, 1.165) is 12.8 Å². The first-order chi connectivity index (χ1) is 9.07. The maximum atomic E-state index is 11.9. The third-order valence-corrected chi connectivity index (χ3v) is 3.98. The summed E-state index contributed by atoms with van der Waals surface area (Å²) >= 11 is 0. The van der Waals surface area contributed by atoms with E-state index in [1.54, 1.807) is 12.1 Å². The summed E-state index contributed by atoms with van der Waals surface area (Å²) in [4.78, 5) is 23.1. The van der Waals surface area contributed by atoms with Gasteiger partial charge in [-0.05, 0) is 37.0 Å². The minimum atomic E-state index is -0.805. The van der Waals surface area contributed by atoms with Crippen molar-refractivity contribution in [1.29, 1.82) is 0 Å². The van der Waals surface area contributed by atoms with Gasteiger partial charge in [0.15, 0.2) is 0 Å². The van der Waals surface area contributed by atoms with Crippen LogP contribution in [0.2, 0.25) is 0 Å². The fourth-order valence-corrected chi connectivity index (χ4v) is 2.31. The lowest BCUT2D eigenvalue weighted by atomic mass is 9.69. The van der Waals surface area contributed by atoms with Crippen molar-refractivity contribution in [2.75, 3.05) is 6.54 Å². The van der Waals surface area contributed by atoms with E-state index in [4.69, 9.17) is 0 Å².